The maximum atomic E-state index is 5.26. The third-order valence-corrected chi connectivity index (χ3v) is 4.04. The van der Waals surface area contributed by atoms with E-state index < -0.39 is 0 Å². The first-order chi connectivity index (χ1) is 13.7. The molecule has 0 saturated heterocycles. The third-order valence-electron chi connectivity index (χ3n) is 3.86. The number of allylic oxidation sites excluding steroid dienone is 2. The minimum absolute atomic E-state index is 0.359. The van der Waals surface area contributed by atoms with Crippen LogP contribution in [0.1, 0.15) is 37.8 Å². The van der Waals surface area contributed by atoms with Gasteiger partial charge >= 0.3 is 0 Å². The molecule has 0 aliphatic heterocycles. The van der Waals surface area contributed by atoms with E-state index in [9.17, 15) is 0 Å². The van der Waals surface area contributed by atoms with Gasteiger partial charge in [-0.25, -0.2) is 0 Å². The maximum Gasteiger partial charge on any atom is 0.207 e. The summed E-state index contributed by atoms with van der Waals surface area (Å²) >= 11 is 5.26. The number of nitrogens with zero attached hydrogens (tertiary/aromatic N) is 2. The Hall–Kier alpha value is -3.05. The molecule has 0 radical (unpaired) electrons. The van der Waals surface area contributed by atoms with Gasteiger partial charge in [0, 0.05) is 0 Å². The molecule has 0 aliphatic rings. The van der Waals surface area contributed by atoms with Crippen molar-refractivity contribution in [2.75, 3.05) is 0 Å². The van der Waals surface area contributed by atoms with E-state index in [1.165, 1.54) is 0 Å². The van der Waals surface area contributed by atoms with Crippen LogP contribution in [-0.2, 0) is 0 Å². The van der Waals surface area contributed by atoms with Crippen molar-refractivity contribution in [1.82, 2.24) is 10.9 Å². The number of hydrazone groups is 2. The average Bonchev–Trinajstić information content (AvgIpc) is 2.75. The third kappa shape index (κ3) is 8.10. The monoisotopic (exact) mass is 390 g/mol. The lowest BCUT2D eigenvalue weighted by molar-refractivity contribution is 0.918. The predicted octanol–water partition coefficient (Wildman–Crippen LogP) is 5.41. The van der Waals surface area contributed by atoms with E-state index in [1.807, 2.05) is 98.8 Å². The van der Waals surface area contributed by atoms with Crippen molar-refractivity contribution >= 4 is 40.9 Å². The first-order valence-electron chi connectivity index (χ1n) is 9.36. The highest BCUT2D eigenvalue weighted by Crippen LogP contribution is 2.03. The van der Waals surface area contributed by atoms with Crippen LogP contribution in [0.15, 0.2) is 83.0 Å². The Kier molecular flexibility index (Phi) is 9.38. The van der Waals surface area contributed by atoms with E-state index in [0.29, 0.717) is 5.11 Å². The zero-order valence-electron chi connectivity index (χ0n) is 16.3. The van der Waals surface area contributed by atoms with Crippen LogP contribution in [0.2, 0.25) is 0 Å². The lowest BCUT2D eigenvalue weighted by Gasteiger charge is -2.05. The molecule has 2 aromatic rings. The van der Waals surface area contributed by atoms with E-state index in [0.717, 1.165) is 35.4 Å². The summed E-state index contributed by atoms with van der Waals surface area (Å²) in [5, 5.41) is 9.05. The second-order valence-electron chi connectivity index (χ2n) is 5.95. The van der Waals surface area contributed by atoms with Crippen molar-refractivity contribution in [1.29, 1.82) is 0 Å². The van der Waals surface area contributed by atoms with Gasteiger partial charge < -0.3 is 0 Å². The van der Waals surface area contributed by atoms with Crippen LogP contribution in [-0.4, -0.2) is 16.5 Å². The number of thiocarbonyl (C=S) groups is 1. The lowest BCUT2D eigenvalue weighted by atomic mass is 10.2. The minimum Gasteiger partial charge on any atom is -0.252 e. The molecule has 0 atom stereocenters. The van der Waals surface area contributed by atoms with E-state index in [1.54, 1.807) is 0 Å². The van der Waals surface area contributed by atoms with Gasteiger partial charge in [0.05, 0.1) is 11.4 Å². The van der Waals surface area contributed by atoms with Crippen molar-refractivity contribution in [2.24, 2.45) is 10.2 Å². The maximum absolute atomic E-state index is 5.26. The summed E-state index contributed by atoms with van der Waals surface area (Å²) in [6, 6.07) is 20.2. The minimum atomic E-state index is 0.359. The van der Waals surface area contributed by atoms with Crippen molar-refractivity contribution in [3.05, 3.63) is 83.9 Å². The van der Waals surface area contributed by atoms with Crippen LogP contribution in [0.3, 0.4) is 0 Å². The number of benzene rings is 2. The molecule has 0 spiro atoms. The molecule has 0 unspecified atom stereocenters. The molecule has 0 aliphatic carbocycles. The predicted molar refractivity (Wildman–Crippen MR) is 125 cm³/mol. The summed E-state index contributed by atoms with van der Waals surface area (Å²) in [5.41, 5.74) is 9.76. The number of nitrogens with one attached hydrogen (secondary N) is 2. The van der Waals surface area contributed by atoms with Gasteiger partial charge in [0.25, 0.3) is 0 Å². The fourth-order valence-corrected chi connectivity index (χ4v) is 2.34. The molecular formula is C23H26N4S. The molecule has 2 rings (SSSR count). The summed E-state index contributed by atoms with van der Waals surface area (Å²) in [4.78, 5) is 0. The second kappa shape index (κ2) is 12.4. The SMILES string of the molecule is CCC(/C=C\c1ccccc1)=N\NC(=S)N/N=C(/C=C\c1ccccc1)CC. The molecule has 28 heavy (non-hydrogen) atoms. The fraction of sp³-hybridized carbons (Fsp3) is 0.174. The molecule has 0 amide bonds. The normalized spacial score (nSPS) is 12.5. The first kappa shape index (κ1) is 21.3. The van der Waals surface area contributed by atoms with Crippen molar-refractivity contribution in [3.63, 3.8) is 0 Å². The Morgan fingerprint density at radius 1 is 0.750 bits per heavy atom. The van der Waals surface area contributed by atoms with Crippen molar-refractivity contribution in [2.45, 2.75) is 26.7 Å². The van der Waals surface area contributed by atoms with E-state index >= 15 is 0 Å². The first-order valence-corrected chi connectivity index (χ1v) is 9.77. The van der Waals surface area contributed by atoms with Gasteiger partial charge in [-0.05, 0) is 48.3 Å². The van der Waals surface area contributed by atoms with Crippen molar-refractivity contribution in [3.8, 4) is 0 Å². The van der Waals surface area contributed by atoms with Gasteiger partial charge in [0.1, 0.15) is 0 Å². The molecule has 0 aromatic heterocycles. The van der Waals surface area contributed by atoms with Crippen LogP contribution in [0, 0.1) is 0 Å². The molecule has 0 saturated carbocycles. The second-order valence-corrected chi connectivity index (χ2v) is 6.36. The molecular weight excluding hydrogens is 364 g/mol. The van der Waals surface area contributed by atoms with Crippen LogP contribution in [0.25, 0.3) is 12.2 Å². The quantitative estimate of drug-likeness (QED) is 0.360. The largest absolute Gasteiger partial charge is 0.252 e. The van der Waals surface area contributed by atoms with E-state index in [-0.39, 0.29) is 0 Å². The average molecular weight is 391 g/mol. The highest BCUT2D eigenvalue weighted by atomic mass is 32.1. The van der Waals surface area contributed by atoms with Crippen LogP contribution in [0.5, 0.6) is 0 Å². The smallest absolute Gasteiger partial charge is 0.207 e. The molecule has 144 valence electrons. The van der Waals surface area contributed by atoms with Crippen molar-refractivity contribution < 1.29 is 0 Å². The van der Waals surface area contributed by atoms with E-state index in [4.69, 9.17) is 12.2 Å². The number of hydrogen-bond acceptors (Lipinski definition) is 3. The Morgan fingerprint density at radius 3 is 1.50 bits per heavy atom. The number of hydrogen-bond donors (Lipinski definition) is 2. The summed E-state index contributed by atoms with van der Waals surface area (Å²) in [6.07, 6.45) is 9.61. The molecule has 0 bridgehead atoms. The highest BCUT2D eigenvalue weighted by molar-refractivity contribution is 7.80. The Bertz CT molecular complexity index is 781. The molecule has 2 aromatic carbocycles. The summed E-state index contributed by atoms with van der Waals surface area (Å²) in [7, 11) is 0. The lowest BCUT2D eigenvalue weighted by Crippen LogP contribution is -2.29. The highest BCUT2D eigenvalue weighted by Gasteiger charge is 1.96. The summed E-state index contributed by atoms with van der Waals surface area (Å²) in [5.74, 6) is 0. The van der Waals surface area contributed by atoms with Crippen LogP contribution < -0.4 is 10.9 Å². The van der Waals surface area contributed by atoms with Crippen LogP contribution >= 0.6 is 12.2 Å². The molecule has 0 heterocycles. The number of rotatable bonds is 8. The van der Waals surface area contributed by atoms with Gasteiger partial charge in [-0.2, -0.15) is 10.2 Å². The summed E-state index contributed by atoms with van der Waals surface area (Å²) < 4.78 is 0. The van der Waals surface area contributed by atoms with Gasteiger partial charge in [0.15, 0.2) is 0 Å². The van der Waals surface area contributed by atoms with Gasteiger partial charge in [-0.3, -0.25) is 10.9 Å². The molecule has 5 heteroatoms. The standard InChI is InChI=1S/C23H26N4S/c1-3-21(17-15-19-11-7-5-8-12-19)24-26-23(28)27-25-22(4-2)18-16-20-13-9-6-10-14-20/h5-18H,3-4H2,1-2H3,(H2,26,27,28)/b17-15-,18-16-,24-21+,25-22+. The topological polar surface area (TPSA) is 48.8 Å². The summed E-state index contributed by atoms with van der Waals surface area (Å²) in [6.45, 7) is 4.10. The van der Waals surface area contributed by atoms with Gasteiger partial charge in [-0.1, -0.05) is 86.7 Å². The molecule has 0 fully saturated rings. The Labute approximate surface area is 172 Å². The molecule has 4 nitrogen and oxygen atoms in total. The van der Waals surface area contributed by atoms with E-state index in [2.05, 4.69) is 21.1 Å². The van der Waals surface area contributed by atoms with Gasteiger partial charge in [-0.15, -0.1) is 0 Å². The molecule has 2 N–H and O–H groups in total. The fourth-order valence-electron chi connectivity index (χ4n) is 2.25. The Balaban J connectivity index is 1.90. The van der Waals surface area contributed by atoms with Gasteiger partial charge in [0.2, 0.25) is 5.11 Å². The Morgan fingerprint density at radius 2 is 1.14 bits per heavy atom. The zero-order valence-corrected chi connectivity index (χ0v) is 17.1. The zero-order chi connectivity index (χ0) is 20.0. The van der Waals surface area contributed by atoms with Crippen LogP contribution in [0.4, 0.5) is 0 Å².